The Balaban J connectivity index is 1.78. The Hall–Kier alpha value is -1.89. The Morgan fingerprint density at radius 1 is 1.25 bits per heavy atom. The molecule has 1 aliphatic rings. The summed E-state index contributed by atoms with van der Waals surface area (Å²) in [4.78, 5) is 19.0. The van der Waals surface area contributed by atoms with E-state index in [1.54, 1.807) is 11.3 Å². The van der Waals surface area contributed by atoms with Crippen LogP contribution in [0.4, 0.5) is 0 Å². The van der Waals surface area contributed by atoms with Gasteiger partial charge < -0.3 is 14.7 Å². The Labute approximate surface area is 197 Å². The first-order valence-electron chi connectivity index (χ1n) is 11.6. The number of fused-ring (bicyclic) bond motifs is 1. The van der Waals surface area contributed by atoms with Crippen molar-refractivity contribution in [1.82, 2.24) is 9.80 Å². The van der Waals surface area contributed by atoms with Gasteiger partial charge in [0.05, 0.1) is 18.2 Å². The van der Waals surface area contributed by atoms with Gasteiger partial charge in [0.2, 0.25) is 5.91 Å². The number of rotatable bonds is 9. The van der Waals surface area contributed by atoms with Crippen LogP contribution in [0, 0.1) is 12.8 Å². The van der Waals surface area contributed by atoms with Crippen LogP contribution in [-0.4, -0.2) is 58.7 Å². The van der Waals surface area contributed by atoms with Crippen molar-refractivity contribution in [1.29, 1.82) is 0 Å². The van der Waals surface area contributed by atoms with Gasteiger partial charge in [0.25, 0.3) is 0 Å². The van der Waals surface area contributed by atoms with Crippen molar-refractivity contribution in [3.8, 4) is 5.75 Å². The molecule has 1 aliphatic heterocycles. The van der Waals surface area contributed by atoms with E-state index < -0.39 is 5.60 Å². The number of hydrogen-bond donors (Lipinski definition) is 1. The van der Waals surface area contributed by atoms with E-state index in [9.17, 15) is 9.90 Å². The molecule has 1 N–H and O–H groups in total. The molecule has 5 nitrogen and oxygen atoms in total. The summed E-state index contributed by atoms with van der Waals surface area (Å²) in [6.07, 6.45) is 0.880. The molecule has 0 aliphatic carbocycles. The first-order valence-corrected chi connectivity index (χ1v) is 12.5. The summed E-state index contributed by atoms with van der Waals surface area (Å²) < 4.78 is 6.14. The maximum Gasteiger partial charge on any atom is 0.237 e. The molecule has 2 unspecified atom stereocenters. The minimum atomic E-state index is -0.883. The van der Waals surface area contributed by atoms with Gasteiger partial charge in [-0.25, -0.2) is 0 Å². The van der Waals surface area contributed by atoms with E-state index in [1.807, 2.05) is 49.9 Å². The topological polar surface area (TPSA) is 53.0 Å². The fourth-order valence-corrected chi connectivity index (χ4v) is 5.15. The minimum absolute atomic E-state index is 0.0936. The molecule has 3 rings (SSSR count). The van der Waals surface area contributed by atoms with Crippen molar-refractivity contribution < 1.29 is 14.6 Å². The van der Waals surface area contributed by atoms with Gasteiger partial charge in [0, 0.05) is 24.0 Å². The first kappa shape index (κ1) is 24.7. The summed E-state index contributed by atoms with van der Waals surface area (Å²) in [6.45, 7) is 14.2. The van der Waals surface area contributed by atoms with Crippen molar-refractivity contribution in [3.63, 3.8) is 0 Å². The number of benzene rings is 1. The Kier molecular flexibility index (Phi) is 8.01. The van der Waals surface area contributed by atoms with Crippen LogP contribution in [0.3, 0.4) is 0 Å². The maximum atomic E-state index is 13.6. The zero-order valence-electron chi connectivity index (χ0n) is 20.3. The Morgan fingerprint density at radius 2 is 1.94 bits per heavy atom. The van der Waals surface area contributed by atoms with Crippen LogP contribution < -0.4 is 4.74 Å². The van der Waals surface area contributed by atoms with Gasteiger partial charge in [0.1, 0.15) is 12.4 Å². The third kappa shape index (κ3) is 6.12. The third-order valence-corrected chi connectivity index (χ3v) is 7.35. The van der Waals surface area contributed by atoms with Gasteiger partial charge in [-0.3, -0.25) is 9.69 Å². The largest absolute Gasteiger partial charge is 0.491 e. The van der Waals surface area contributed by atoms with Crippen molar-refractivity contribution in [2.75, 3.05) is 26.2 Å². The zero-order chi connectivity index (χ0) is 23.5. The number of amides is 1. The summed E-state index contributed by atoms with van der Waals surface area (Å²) >= 11 is 1.76. The standard InChI is InChI=1S/C26H38N2O3S/c1-18(2)15-27(20(4)26(5,6)30)16-25(29)28-13-11-24-22(12-14-32-24)23(28)17-31-21-9-7-19(3)8-10-21/h7-10,12,14,18,20,23,30H,11,13,15-17H2,1-6H3. The minimum Gasteiger partial charge on any atom is -0.491 e. The van der Waals surface area contributed by atoms with Crippen LogP contribution >= 0.6 is 11.3 Å². The highest BCUT2D eigenvalue weighted by Gasteiger charge is 2.35. The van der Waals surface area contributed by atoms with Gasteiger partial charge in [-0.05, 0) is 69.2 Å². The second kappa shape index (κ2) is 10.4. The molecule has 0 radical (unpaired) electrons. The van der Waals surface area contributed by atoms with E-state index >= 15 is 0 Å². The maximum absolute atomic E-state index is 13.6. The number of carbonyl (C=O) groups is 1. The van der Waals surface area contributed by atoms with Crippen LogP contribution in [0.15, 0.2) is 35.7 Å². The van der Waals surface area contributed by atoms with E-state index in [2.05, 4.69) is 37.1 Å². The van der Waals surface area contributed by atoms with Crippen LogP contribution in [0.25, 0.3) is 0 Å². The van der Waals surface area contributed by atoms with E-state index in [-0.39, 0.29) is 18.0 Å². The highest BCUT2D eigenvalue weighted by atomic mass is 32.1. The predicted octanol–water partition coefficient (Wildman–Crippen LogP) is 4.68. The molecule has 2 heterocycles. The molecule has 2 aromatic rings. The average molecular weight is 459 g/mol. The molecular formula is C26H38N2O3S. The SMILES string of the molecule is Cc1ccc(OCC2c3ccsc3CCN2C(=O)CN(CC(C)C)C(C)C(C)(C)O)cc1. The van der Waals surface area contributed by atoms with Crippen molar-refractivity contribution >= 4 is 17.2 Å². The second-order valence-corrected chi connectivity index (χ2v) is 10.9. The zero-order valence-corrected chi connectivity index (χ0v) is 21.1. The summed E-state index contributed by atoms with van der Waals surface area (Å²) in [5.41, 5.74) is 1.51. The molecule has 2 atom stereocenters. The van der Waals surface area contributed by atoms with Gasteiger partial charge in [-0.15, -0.1) is 11.3 Å². The lowest BCUT2D eigenvalue weighted by Gasteiger charge is -2.40. The average Bonchev–Trinajstić information content (AvgIpc) is 3.20. The Bertz CT molecular complexity index is 885. The fraction of sp³-hybridized carbons (Fsp3) is 0.577. The molecule has 1 aromatic heterocycles. The molecular weight excluding hydrogens is 420 g/mol. The van der Waals surface area contributed by atoms with E-state index in [0.29, 0.717) is 25.6 Å². The lowest BCUT2D eigenvalue weighted by Crippen LogP contribution is -2.53. The molecule has 0 saturated carbocycles. The molecule has 6 heteroatoms. The number of ether oxygens (including phenoxy) is 1. The quantitative estimate of drug-likeness (QED) is 0.593. The highest BCUT2D eigenvalue weighted by molar-refractivity contribution is 7.10. The van der Waals surface area contributed by atoms with E-state index in [0.717, 1.165) is 18.7 Å². The fourth-order valence-electron chi connectivity index (χ4n) is 4.22. The lowest BCUT2D eigenvalue weighted by atomic mass is 9.97. The summed E-state index contributed by atoms with van der Waals surface area (Å²) in [7, 11) is 0. The molecule has 0 spiro atoms. The first-order chi connectivity index (χ1) is 15.1. The molecule has 1 aromatic carbocycles. The highest BCUT2D eigenvalue weighted by Crippen LogP contribution is 2.34. The van der Waals surface area contributed by atoms with Crippen LogP contribution in [0.5, 0.6) is 5.75 Å². The second-order valence-electron chi connectivity index (χ2n) is 9.93. The molecule has 0 saturated heterocycles. The van der Waals surface area contributed by atoms with E-state index in [1.165, 1.54) is 16.0 Å². The van der Waals surface area contributed by atoms with E-state index in [4.69, 9.17) is 4.74 Å². The van der Waals surface area contributed by atoms with Gasteiger partial charge in [-0.2, -0.15) is 0 Å². The Morgan fingerprint density at radius 3 is 2.56 bits per heavy atom. The van der Waals surface area contributed by atoms with Gasteiger partial charge >= 0.3 is 0 Å². The van der Waals surface area contributed by atoms with Crippen LogP contribution in [-0.2, 0) is 11.2 Å². The predicted molar refractivity (Wildman–Crippen MR) is 131 cm³/mol. The number of aliphatic hydroxyl groups is 1. The summed E-state index contributed by atoms with van der Waals surface area (Å²) in [6, 6.07) is 9.94. The van der Waals surface area contributed by atoms with Crippen molar-refractivity contribution in [2.45, 2.75) is 65.6 Å². The van der Waals surface area contributed by atoms with Crippen LogP contribution in [0.2, 0.25) is 0 Å². The van der Waals surface area contributed by atoms with Crippen LogP contribution in [0.1, 0.15) is 56.7 Å². The lowest BCUT2D eigenvalue weighted by molar-refractivity contribution is -0.138. The molecule has 0 fully saturated rings. The molecule has 0 bridgehead atoms. The number of carbonyl (C=O) groups excluding carboxylic acids is 1. The monoisotopic (exact) mass is 458 g/mol. The summed E-state index contributed by atoms with van der Waals surface area (Å²) in [5.74, 6) is 1.32. The third-order valence-electron chi connectivity index (χ3n) is 6.35. The van der Waals surface area contributed by atoms with Crippen molar-refractivity contribution in [2.24, 2.45) is 5.92 Å². The van der Waals surface area contributed by atoms with Gasteiger partial charge in [0.15, 0.2) is 0 Å². The van der Waals surface area contributed by atoms with Gasteiger partial charge in [-0.1, -0.05) is 31.5 Å². The number of nitrogens with zero attached hydrogens (tertiary/aromatic N) is 2. The molecule has 176 valence electrons. The number of hydrogen-bond acceptors (Lipinski definition) is 5. The summed E-state index contributed by atoms with van der Waals surface area (Å²) in [5, 5.41) is 12.7. The van der Waals surface area contributed by atoms with Crippen molar-refractivity contribution in [3.05, 3.63) is 51.7 Å². The number of aryl methyl sites for hydroxylation is 1. The molecule has 1 amide bonds. The molecule has 32 heavy (non-hydrogen) atoms. The number of thiophene rings is 1. The smallest absolute Gasteiger partial charge is 0.237 e. The normalized spacial score (nSPS) is 17.5.